The molecular weight excluding hydrogens is 296 g/mol. The Bertz CT molecular complexity index is 1010. The molecule has 0 fully saturated rings. The van der Waals surface area contributed by atoms with Gasteiger partial charge in [-0.1, -0.05) is 11.1 Å². The number of esters is 1. The summed E-state index contributed by atoms with van der Waals surface area (Å²) in [6, 6.07) is 5.11. The first-order valence-corrected chi connectivity index (χ1v) is 7.21. The summed E-state index contributed by atoms with van der Waals surface area (Å²) in [6.07, 6.45) is 1.72. The molecule has 0 amide bonds. The normalized spacial score (nSPS) is 11.1. The zero-order chi connectivity index (χ0) is 16.7. The van der Waals surface area contributed by atoms with Crippen LogP contribution in [0.1, 0.15) is 22.8 Å². The Morgan fingerprint density at radius 2 is 2.17 bits per heavy atom. The Hall–Kier alpha value is -2.96. The lowest BCUT2D eigenvalue weighted by Gasteiger charge is -2.09. The second-order valence-corrected chi connectivity index (χ2v) is 5.27. The molecule has 3 aromatic rings. The number of nitrogens with two attached hydrogens (primary N) is 1. The number of hydrogen-bond acceptors (Lipinski definition) is 5. The number of carbonyl (C=O) groups excluding carboxylic acids is 1. The zero-order valence-corrected chi connectivity index (χ0v) is 13.2. The van der Waals surface area contributed by atoms with E-state index in [1.807, 2.05) is 19.9 Å². The summed E-state index contributed by atoms with van der Waals surface area (Å²) in [7, 11) is 1.27. The van der Waals surface area contributed by atoms with Crippen molar-refractivity contribution in [2.75, 3.05) is 12.8 Å². The number of ether oxygens (including phenoxy) is 1. The highest BCUT2D eigenvalue weighted by Gasteiger charge is 2.23. The average Bonchev–Trinajstić information content (AvgIpc) is 2.55. The number of carbonyl (C=O) groups is 1. The van der Waals surface area contributed by atoms with Crippen LogP contribution in [-0.4, -0.2) is 22.5 Å². The van der Waals surface area contributed by atoms with Gasteiger partial charge in [-0.05, 0) is 31.5 Å². The Kier molecular flexibility index (Phi) is 3.48. The van der Waals surface area contributed by atoms with E-state index in [1.54, 1.807) is 16.8 Å². The molecule has 7 heteroatoms. The van der Waals surface area contributed by atoms with Gasteiger partial charge in [-0.15, -0.1) is 0 Å². The third-order valence-electron chi connectivity index (χ3n) is 3.82. The third kappa shape index (κ3) is 2.21. The predicted molar refractivity (Wildman–Crippen MR) is 85.3 cm³/mol. The number of aromatic nitrogens is 3. The first-order valence-electron chi connectivity index (χ1n) is 7.21. The fraction of sp³-hybridized carbons (Fsp3) is 0.250. The molecule has 23 heavy (non-hydrogen) atoms. The lowest BCUT2D eigenvalue weighted by atomic mass is 10.2. The molecule has 0 radical (unpaired) electrons. The molecule has 0 atom stereocenters. The SMILES string of the molecule is CC[n+]1c(N)c(C(=O)OC)cc2c(=O)n3cc(C)ccc3nc21. The first kappa shape index (κ1) is 15.0. The van der Waals surface area contributed by atoms with Crippen molar-refractivity contribution in [1.82, 2.24) is 9.38 Å². The number of pyridine rings is 2. The fourth-order valence-electron chi connectivity index (χ4n) is 2.65. The van der Waals surface area contributed by atoms with Crippen LogP contribution >= 0.6 is 0 Å². The molecule has 0 aliphatic heterocycles. The number of hydrogen-bond donors (Lipinski definition) is 1. The number of rotatable bonds is 2. The van der Waals surface area contributed by atoms with Crippen molar-refractivity contribution in [2.24, 2.45) is 0 Å². The van der Waals surface area contributed by atoms with Crippen molar-refractivity contribution < 1.29 is 14.1 Å². The van der Waals surface area contributed by atoms with Crippen molar-refractivity contribution in [1.29, 1.82) is 0 Å². The highest BCUT2D eigenvalue weighted by atomic mass is 16.5. The van der Waals surface area contributed by atoms with Gasteiger partial charge in [0.1, 0.15) is 10.9 Å². The largest absolute Gasteiger partial charge is 0.465 e. The van der Waals surface area contributed by atoms with E-state index in [1.165, 1.54) is 17.6 Å². The summed E-state index contributed by atoms with van der Waals surface area (Å²) in [5.74, 6) is -0.351. The van der Waals surface area contributed by atoms with E-state index in [0.29, 0.717) is 23.2 Å². The zero-order valence-electron chi connectivity index (χ0n) is 13.2. The fourth-order valence-corrected chi connectivity index (χ4v) is 2.65. The maximum Gasteiger partial charge on any atom is 0.344 e. The third-order valence-corrected chi connectivity index (χ3v) is 3.82. The molecule has 3 rings (SSSR count). The predicted octanol–water partition coefficient (Wildman–Crippen LogP) is 0.832. The van der Waals surface area contributed by atoms with Gasteiger partial charge in [-0.25, -0.2) is 9.36 Å². The molecule has 118 valence electrons. The molecule has 3 aromatic heterocycles. The quantitative estimate of drug-likeness (QED) is 0.430. The molecular formula is C16H17N4O3+. The van der Waals surface area contributed by atoms with E-state index in [-0.39, 0.29) is 16.9 Å². The molecule has 0 saturated carbocycles. The lowest BCUT2D eigenvalue weighted by Crippen LogP contribution is -2.41. The molecule has 7 nitrogen and oxygen atoms in total. The molecule has 0 unspecified atom stereocenters. The summed E-state index contributed by atoms with van der Waals surface area (Å²) in [5.41, 5.74) is 7.90. The van der Waals surface area contributed by atoms with Gasteiger partial charge >= 0.3 is 5.97 Å². The second kappa shape index (κ2) is 5.35. The van der Waals surface area contributed by atoms with Crippen LogP contribution in [-0.2, 0) is 11.3 Å². The Morgan fingerprint density at radius 3 is 2.83 bits per heavy atom. The van der Waals surface area contributed by atoms with Crippen molar-refractivity contribution >= 4 is 28.5 Å². The second-order valence-electron chi connectivity index (χ2n) is 5.27. The van der Waals surface area contributed by atoms with Crippen LogP contribution in [0.15, 0.2) is 29.2 Å². The number of fused-ring (bicyclic) bond motifs is 2. The minimum absolute atomic E-state index is 0.161. The van der Waals surface area contributed by atoms with Gasteiger partial charge in [-0.3, -0.25) is 9.20 Å². The van der Waals surface area contributed by atoms with Gasteiger partial charge in [0.25, 0.3) is 11.2 Å². The molecule has 0 spiro atoms. The van der Waals surface area contributed by atoms with Gasteiger partial charge < -0.3 is 10.5 Å². The molecule has 0 aliphatic carbocycles. The first-order chi connectivity index (χ1) is 11.0. The lowest BCUT2D eigenvalue weighted by molar-refractivity contribution is -0.655. The number of nitrogen functional groups attached to an aromatic ring is 1. The summed E-state index contributed by atoms with van der Waals surface area (Å²) >= 11 is 0. The molecule has 3 heterocycles. The van der Waals surface area contributed by atoms with Gasteiger partial charge in [0.15, 0.2) is 0 Å². The van der Waals surface area contributed by atoms with E-state index in [4.69, 9.17) is 10.5 Å². The Morgan fingerprint density at radius 1 is 1.43 bits per heavy atom. The summed E-state index contributed by atoms with van der Waals surface area (Å²) in [6.45, 7) is 4.24. The van der Waals surface area contributed by atoms with Crippen molar-refractivity contribution in [2.45, 2.75) is 20.4 Å². The van der Waals surface area contributed by atoms with Crippen LogP contribution in [0.3, 0.4) is 0 Å². The summed E-state index contributed by atoms with van der Waals surface area (Å²) < 4.78 is 7.86. The van der Waals surface area contributed by atoms with Crippen LogP contribution in [0.4, 0.5) is 5.82 Å². The topological polar surface area (TPSA) is 90.6 Å². The maximum atomic E-state index is 12.8. The average molecular weight is 313 g/mol. The van der Waals surface area contributed by atoms with Crippen LogP contribution in [0, 0.1) is 6.92 Å². The smallest absolute Gasteiger partial charge is 0.344 e. The number of nitrogens with zero attached hydrogens (tertiary/aromatic N) is 3. The van der Waals surface area contributed by atoms with E-state index in [9.17, 15) is 9.59 Å². The van der Waals surface area contributed by atoms with Crippen molar-refractivity contribution in [3.05, 3.63) is 45.9 Å². The maximum absolute atomic E-state index is 12.8. The molecule has 0 bridgehead atoms. The van der Waals surface area contributed by atoms with E-state index in [2.05, 4.69) is 4.98 Å². The standard InChI is InChI=1S/C16H16N4O3/c1-4-19-13(17)10(16(22)23-3)7-11-14(19)18-12-6-5-9(2)8-20(12)15(11)21/h5-8,17H,4H2,1-3H3/p+1. The molecule has 0 aromatic carbocycles. The van der Waals surface area contributed by atoms with Gasteiger partial charge in [0, 0.05) is 6.20 Å². The molecule has 0 saturated heterocycles. The van der Waals surface area contributed by atoms with E-state index < -0.39 is 5.97 Å². The van der Waals surface area contributed by atoms with Crippen LogP contribution in [0.5, 0.6) is 0 Å². The number of anilines is 1. The molecule has 2 N–H and O–H groups in total. The monoisotopic (exact) mass is 313 g/mol. The van der Waals surface area contributed by atoms with Crippen LogP contribution in [0.25, 0.3) is 16.7 Å². The summed E-state index contributed by atoms with van der Waals surface area (Å²) in [5, 5.41) is 0.324. The van der Waals surface area contributed by atoms with Crippen molar-refractivity contribution in [3.63, 3.8) is 0 Å². The molecule has 0 aliphatic rings. The van der Waals surface area contributed by atoms with Gasteiger partial charge in [-0.2, -0.15) is 0 Å². The Balaban J connectivity index is 2.53. The van der Waals surface area contributed by atoms with Crippen LogP contribution in [0.2, 0.25) is 0 Å². The van der Waals surface area contributed by atoms with E-state index in [0.717, 1.165) is 5.56 Å². The van der Waals surface area contributed by atoms with Gasteiger partial charge in [0.05, 0.1) is 13.7 Å². The number of methoxy groups -OCH3 is 1. The highest BCUT2D eigenvalue weighted by Crippen LogP contribution is 2.15. The van der Waals surface area contributed by atoms with E-state index >= 15 is 0 Å². The minimum Gasteiger partial charge on any atom is -0.465 e. The van der Waals surface area contributed by atoms with Crippen LogP contribution < -0.4 is 15.9 Å². The number of aryl methyl sites for hydroxylation is 2. The van der Waals surface area contributed by atoms with Gasteiger partial charge in [0.2, 0.25) is 11.5 Å². The highest BCUT2D eigenvalue weighted by molar-refractivity contribution is 5.96. The van der Waals surface area contributed by atoms with Crippen molar-refractivity contribution in [3.8, 4) is 0 Å². The summed E-state index contributed by atoms with van der Waals surface area (Å²) in [4.78, 5) is 29.3. The Labute approximate surface area is 131 Å². The minimum atomic E-state index is -0.583.